The largest absolute Gasteiger partial charge is 0.497 e. The van der Waals surface area contributed by atoms with Gasteiger partial charge in [-0.25, -0.2) is 0 Å². The van der Waals surface area contributed by atoms with Gasteiger partial charge >= 0.3 is 0 Å². The highest BCUT2D eigenvalue weighted by Crippen LogP contribution is 2.23. The first-order valence-corrected chi connectivity index (χ1v) is 9.43. The number of aryl methyl sites for hydroxylation is 1. The van der Waals surface area contributed by atoms with Gasteiger partial charge in [0.25, 0.3) is 0 Å². The van der Waals surface area contributed by atoms with Crippen molar-refractivity contribution in [1.82, 2.24) is 19.7 Å². The number of amides is 1. The van der Waals surface area contributed by atoms with Crippen LogP contribution in [0.15, 0.2) is 48.5 Å². The van der Waals surface area contributed by atoms with Gasteiger partial charge in [0.2, 0.25) is 5.91 Å². The molecule has 2 aromatic carbocycles. The van der Waals surface area contributed by atoms with Crippen LogP contribution in [-0.4, -0.2) is 39.7 Å². The molecule has 1 amide bonds. The van der Waals surface area contributed by atoms with Gasteiger partial charge in [-0.1, -0.05) is 42.0 Å². The van der Waals surface area contributed by atoms with Crippen molar-refractivity contribution >= 4 is 18.1 Å². The van der Waals surface area contributed by atoms with Gasteiger partial charge in [0.05, 0.1) is 13.2 Å². The van der Waals surface area contributed by atoms with Crippen molar-refractivity contribution in [2.75, 3.05) is 14.2 Å². The molecule has 0 saturated carbocycles. The second-order valence-electron chi connectivity index (χ2n) is 6.76. The quantitative estimate of drug-likeness (QED) is 0.636. The van der Waals surface area contributed by atoms with E-state index in [1.807, 2.05) is 62.4 Å². The van der Waals surface area contributed by atoms with Crippen molar-refractivity contribution in [3.63, 3.8) is 0 Å². The summed E-state index contributed by atoms with van der Waals surface area (Å²) in [5, 5.41) is 7.11. The van der Waals surface area contributed by atoms with Crippen LogP contribution in [0.4, 0.5) is 0 Å². The molecule has 0 bridgehead atoms. The van der Waals surface area contributed by atoms with Crippen molar-refractivity contribution in [1.29, 1.82) is 0 Å². The fourth-order valence-corrected chi connectivity index (χ4v) is 3.15. The van der Waals surface area contributed by atoms with Crippen molar-refractivity contribution in [2.24, 2.45) is 0 Å². The summed E-state index contributed by atoms with van der Waals surface area (Å²) in [6.07, 6.45) is 0. The second kappa shape index (κ2) is 8.39. The number of hydrogen-bond donors (Lipinski definition) is 1. The minimum Gasteiger partial charge on any atom is -0.497 e. The van der Waals surface area contributed by atoms with E-state index in [2.05, 4.69) is 10.2 Å². The zero-order valence-corrected chi connectivity index (χ0v) is 17.3. The van der Waals surface area contributed by atoms with Gasteiger partial charge in [-0.2, -0.15) is 5.10 Å². The van der Waals surface area contributed by atoms with Crippen LogP contribution in [-0.2, 0) is 11.3 Å². The van der Waals surface area contributed by atoms with Gasteiger partial charge in [0, 0.05) is 12.6 Å². The predicted octanol–water partition coefficient (Wildman–Crippen LogP) is 4.14. The third-order valence-corrected chi connectivity index (χ3v) is 5.25. The van der Waals surface area contributed by atoms with Crippen LogP contribution in [0.1, 0.15) is 24.1 Å². The smallest absolute Gasteiger partial charge is 0.242 e. The van der Waals surface area contributed by atoms with Crippen molar-refractivity contribution in [3.05, 3.63) is 64.4 Å². The maximum Gasteiger partial charge on any atom is 0.242 e. The highest BCUT2D eigenvalue weighted by atomic mass is 32.1. The topological polar surface area (TPSA) is 63.1 Å². The van der Waals surface area contributed by atoms with Crippen LogP contribution in [0.25, 0.3) is 11.4 Å². The van der Waals surface area contributed by atoms with E-state index in [-0.39, 0.29) is 18.5 Å². The molecule has 1 N–H and O–H groups in total. The zero-order chi connectivity index (χ0) is 20.3. The normalized spacial score (nSPS) is 11.9. The first kappa shape index (κ1) is 19.8. The maximum absolute atomic E-state index is 12.9. The molecule has 0 saturated heterocycles. The summed E-state index contributed by atoms with van der Waals surface area (Å²) in [4.78, 5) is 14.6. The van der Waals surface area contributed by atoms with Crippen LogP contribution in [0.2, 0.25) is 0 Å². The number of H-pyrrole nitrogens is 1. The highest BCUT2D eigenvalue weighted by Gasteiger charge is 2.20. The Morgan fingerprint density at radius 2 is 1.86 bits per heavy atom. The Labute approximate surface area is 169 Å². The molecule has 0 spiro atoms. The minimum atomic E-state index is -0.0812. The number of likely N-dealkylation sites (N-methyl/N-ethyl adjacent to an activating group) is 1. The van der Waals surface area contributed by atoms with E-state index >= 15 is 0 Å². The Hall–Kier alpha value is -2.93. The SMILES string of the molecule is COc1ccc(C(C)N(C)C(=O)Cn2c(-c3ccc(C)cc3)n[nH]c2=S)cc1. The van der Waals surface area contributed by atoms with Gasteiger partial charge in [0.15, 0.2) is 10.6 Å². The highest BCUT2D eigenvalue weighted by molar-refractivity contribution is 7.71. The van der Waals surface area contributed by atoms with Gasteiger partial charge in [-0.3, -0.25) is 14.5 Å². The average molecular weight is 397 g/mol. The summed E-state index contributed by atoms with van der Waals surface area (Å²) in [6, 6.07) is 15.6. The Morgan fingerprint density at radius 1 is 1.21 bits per heavy atom. The number of aromatic amines is 1. The molecule has 0 aliphatic heterocycles. The number of ether oxygens (including phenoxy) is 1. The Morgan fingerprint density at radius 3 is 2.46 bits per heavy atom. The summed E-state index contributed by atoms with van der Waals surface area (Å²) in [7, 11) is 3.43. The fourth-order valence-electron chi connectivity index (χ4n) is 2.96. The number of aromatic nitrogens is 3. The van der Waals surface area contributed by atoms with Crippen molar-refractivity contribution in [3.8, 4) is 17.1 Å². The number of carbonyl (C=O) groups is 1. The van der Waals surface area contributed by atoms with Gasteiger partial charge in [-0.15, -0.1) is 0 Å². The fraction of sp³-hybridized carbons (Fsp3) is 0.286. The molecule has 1 heterocycles. The number of nitrogens with zero attached hydrogens (tertiary/aromatic N) is 3. The van der Waals surface area contributed by atoms with Crippen molar-refractivity contribution < 1.29 is 9.53 Å². The molecule has 1 atom stereocenters. The molecule has 0 fully saturated rings. The first-order chi connectivity index (χ1) is 13.4. The summed E-state index contributed by atoms with van der Waals surface area (Å²) in [5.41, 5.74) is 3.11. The standard InChI is InChI=1S/C21H24N4O2S/c1-14-5-7-17(8-6-14)20-22-23-21(28)25(20)13-19(26)24(3)15(2)16-9-11-18(27-4)12-10-16/h5-12,15H,13H2,1-4H3,(H,23,28). The number of hydrogen-bond acceptors (Lipinski definition) is 4. The van der Waals surface area contributed by atoms with E-state index in [0.29, 0.717) is 10.6 Å². The van der Waals surface area contributed by atoms with Crippen LogP contribution < -0.4 is 4.74 Å². The average Bonchev–Trinajstić information content (AvgIpc) is 3.07. The van der Waals surface area contributed by atoms with Crippen LogP contribution in [0, 0.1) is 11.7 Å². The molecule has 0 radical (unpaired) electrons. The number of carbonyl (C=O) groups excluding carboxylic acids is 1. The number of methoxy groups -OCH3 is 1. The molecule has 0 aliphatic rings. The summed E-state index contributed by atoms with van der Waals surface area (Å²) < 4.78 is 7.36. The number of benzene rings is 2. The molecule has 28 heavy (non-hydrogen) atoms. The summed E-state index contributed by atoms with van der Waals surface area (Å²) in [5.74, 6) is 1.40. The molecular weight excluding hydrogens is 372 g/mol. The van der Waals surface area contributed by atoms with E-state index < -0.39 is 0 Å². The molecule has 3 aromatic rings. The Kier molecular flexibility index (Phi) is 5.94. The lowest BCUT2D eigenvalue weighted by Crippen LogP contribution is -2.32. The zero-order valence-electron chi connectivity index (χ0n) is 16.5. The van der Waals surface area contributed by atoms with E-state index in [9.17, 15) is 4.79 Å². The van der Waals surface area contributed by atoms with Gasteiger partial charge < -0.3 is 9.64 Å². The second-order valence-corrected chi connectivity index (χ2v) is 7.15. The Bertz CT molecular complexity index is 1010. The number of nitrogens with one attached hydrogen (secondary N) is 1. The van der Waals surface area contributed by atoms with Gasteiger partial charge in [0.1, 0.15) is 12.3 Å². The van der Waals surface area contributed by atoms with E-state index in [0.717, 1.165) is 22.4 Å². The molecule has 3 rings (SSSR count). The molecule has 1 aromatic heterocycles. The monoisotopic (exact) mass is 396 g/mol. The molecule has 146 valence electrons. The molecular formula is C21H24N4O2S. The first-order valence-electron chi connectivity index (χ1n) is 9.02. The van der Waals surface area contributed by atoms with E-state index in [1.54, 1.807) is 23.6 Å². The van der Waals surface area contributed by atoms with Crippen LogP contribution in [0.5, 0.6) is 5.75 Å². The van der Waals surface area contributed by atoms with Gasteiger partial charge in [-0.05, 0) is 43.8 Å². The third-order valence-electron chi connectivity index (χ3n) is 4.93. The Balaban J connectivity index is 1.79. The van der Waals surface area contributed by atoms with Crippen LogP contribution >= 0.6 is 12.2 Å². The van der Waals surface area contributed by atoms with E-state index in [1.165, 1.54) is 0 Å². The third kappa shape index (κ3) is 4.14. The maximum atomic E-state index is 12.9. The summed E-state index contributed by atoms with van der Waals surface area (Å²) in [6.45, 7) is 4.14. The summed E-state index contributed by atoms with van der Waals surface area (Å²) >= 11 is 5.35. The van der Waals surface area contributed by atoms with Crippen molar-refractivity contribution in [2.45, 2.75) is 26.4 Å². The number of rotatable bonds is 6. The lowest BCUT2D eigenvalue weighted by molar-refractivity contribution is -0.132. The van der Waals surface area contributed by atoms with E-state index in [4.69, 9.17) is 17.0 Å². The predicted molar refractivity (Wildman–Crippen MR) is 112 cm³/mol. The van der Waals surface area contributed by atoms with Crippen LogP contribution in [0.3, 0.4) is 0 Å². The minimum absolute atomic E-state index is 0.0471. The molecule has 6 nitrogen and oxygen atoms in total. The molecule has 1 unspecified atom stereocenters. The molecule has 0 aliphatic carbocycles. The lowest BCUT2D eigenvalue weighted by atomic mass is 10.1. The lowest BCUT2D eigenvalue weighted by Gasteiger charge is -2.26. The molecule has 7 heteroatoms.